The number of hydrogen-bond donors (Lipinski definition) is 2. The number of aromatic hydroxyl groups is 1. The Morgan fingerprint density at radius 1 is 1.14 bits per heavy atom. The summed E-state index contributed by atoms with van der Waals surface area (Å²) < 4.78 is 16.9. The minimum atomic E-state index is -0.546. The number of furan rings is 1. The predicted octanol–water partition coefficient (Wildman–Crippen LogP) is 4.42. The van der Waals surface area contributed by atoms with Gasteiger partial charge < -0.3 is 24.0 Å². The van der Waals surface area contributed by atoms with Gasteiger partial charge in [-0.1, -0.05) is 30.3 Å². The van der Waals surface area contributed by atoms with Crippen molar-refractivity contribution in [2.45, 2.75) is 26.7 Å². The van der Waals surface area contributed by atoms with Crippen molar-refractivity contribution in [3.05, 3.63) is 92.9 Å². The van der Waals surface area contributed by atoms with Gasteiger partial charge >= 0.3 is 5.97 Å². The van der Waals surface area contributed by atoms with Crippen LogP contribution in [0.25, 0.3) is 23.1 Å². The molecule has 1 aliphatic carbocycles. The topological polar surface area (TPSA) is 84.7 Å². The molecule has 2 heterocycles. The van der Waals surface area contributed by atoms with Crippen LogP contribution in [-0.2, 0) is 9.53 Å². The van der Waals surface area contributed by atoms with Crippen molar-refractivity contribution in [1.29, 1.82) is 0 Å². The smallest absolute Gasteiger partial charge is 0.335 e. The number of ether oxygens (including phenoxy) is 2. The summed E-state index contributed by atoms with van der Waals surface area (Å²) in [6.07, 6.45) is 3.64. The van der Waals surface area contributed by atoms with Crippen LogP contribution in [0.3, 0.4) is 0 Å². The van der Waals surface area contributed by atoms with E-state index >= 15 is 0 Å². The number of nitrogens with one attached hydrogen (secondary N) is 1. The van der Waals surface area contributed by atoms with Gasteiger partial charge in [0.15, 0.2) is 11.2 Å². The molecule has 0 saturated heterocycles. The first kappa shape index (κ1) is 22.6. The third kappa shape index (κ3) is 3.81. The van der Waals surface area contributed by atoms with Gasteiger partial charge in [0, 0.05) is 28.1 Å². The standard InChI is InChI=1S/C29H27NO5/c1-5-34-29(32)25-16(2)14-23-27(26(25)18-10-12-19(33-4)13-11-18)28(31)24(35-23)15-21-17(3)30-22-9-7-6-8-20(21)22/h6-15,26,30-31H,5H2,1-4H3. The highest BCUT2D eigenvalue weighted by Crippen LogP contribution is 2.39. The van der Waals surface area contributed by atoms with Crippen LogP contribution in [0.15, 0.2) is 64.1 Å². The number of aryl methyl sites for hydroxylation is 1. The number of aromatic nitrogens is 1. The van der Waals surface area contributed by atoms with E-state index in [1.807, 2.05) is 68.5 Å². The van der Waals surface area contributed by atoms with Gasteiger partial charge in [0.05, 0.1) is 24.9 Å². The zero-order valence-corrected chi connectivity index (χ0v) is 20.1. The van der Waals surface area contributed by atoms with Crippen LogP contribution in [0.5, 0.6) is 11.5 Å². The van der Waals surface area contributed by atoms with Crippen molar-refractivity contribution >= 4 is 29.0 Å². The molecule has 2 aromatic heterocycles. The Bertz CT molecular complexity index is 1580. The van der Waals surface area contributed by atoms with Crippen LogP contribution >= 0.6 is 0 Å². The van der Waals surface area contributed by atoms with Crippen LogP contribution < -0.4 is 15.6 Å². The molecule has 2 aromatic carbocycles. The highest BCUT2D eigenvalue weighted by Gasteiger charge is 2.35. The fourth-order valence-electron chi connectivity index (χ4n) is 4.83. The lowest BCUT2D eigenvalue weighted by molar-refractivity contribution is -0.138. The highest BCUT2D eigenvalue weighted by molar-refractivity contribution is 5.95. The van der Waals surface area contributed by atoms with Gasteiger partial charge in [-0.05, 0) is 62.3 Å². The van der Waals surface area contributed by atoms with E-state index in [9.17, 15) is 9.90 Å². The molecule has 2 N–H and O–H groups in total. The molecule has 6 heteroatoms. The van der Waals surface area contributed by atoms with Gasteiger partial charge in [-0.15, -0.1) is 0 Å². The first-order valence-corrected chi connectivity index (χ1v) is 11.6. The Morgan fingerprint density at radius 3 is 2.60 bits per heavy atom. The van der Waals surface area contributed by atoms with Crippen LogP contribution in [0.1, 0.15) is 42.1 Å². The van der Waals surface area contributed by atoms with E-state index in [1.165, 1.54) is 0 Å². The summed E-state index contributed by atoms with van der Waals surface area (Å²) >= 11 is 0. The molecule has 0 radical (unpaired) electrons. The van der Waals surface area contributed by atoms with E-state index in [1.54, 1.807) is 20.1 Å². The van der Waals surface area contributed by atoms with Crippen LogP contribution in [0, 0.1) is 6.92 Å². The van der Waals surface area contributed by atoms with E-state index < -0.39 is 11.9 Å². The Labute approximate surface area is 202 Å². The van der Waals surface area contributed by atoms with Crippen molar-refractivity contribution in [2.75, 3.05) is 13.7 Å². The first-order chi connectivity index (χ1) is 16.9. The monoisotopic (exact) mass is 469 g/mol. The molecule has 0 bridgehead atoms. The molecule has 5 rings (SSSR count). The predicted molar refractivity (Wildman–Crippen MR) is 135 cm³/mol. The van der Waals surface area contributed by atoms with E-state index in [2.05, 4.69) is 4.98 Å². The first-order valence-electron chi connectivity index (χ1n) is 11.6. The summed E-state index contributed by atoms with van der Waals surface area (Å²) in [7, 11) is 1.60. The van der Waals surface area contributed by atoms with E-state index in [-0.39, 0.29) is 12.4 Å². The molecule has 1 atom stereocenters. The third-order valence-corrected chi connectivity index (χ3v) is 6.49. The van der Waals surface area contributed by atoms with Gasteiger partial charge in [-0.25, -0.2) is 4.79 Å². The maximum absolute atomic E-state index is 13.0. The van der Waals surface area contributed by atoms with Gasteiger partial charge in [-0.3, -0.25) is 0 Å². The summed E-state index contributed by atoms with van der Waals surface area (Å²) in [6, 6.07) is 15.5. The van der Waals surface area contributed by atoms with E-state index in [0.717, 1.165) is 33.3 Å². The van der Waals surface area contributed by atoms with E-state index in [4.69, 9.17) is 13.9 Å². The fraction of sp³-hybridized carbons (Fsp3) is 0.207. The van der Waals surface area contributed by atoms with Crippen LogP contribution in [0.4, 0.5) is 0 Å². The molecule has 1 aliphatic rings. The van der Waals surface area contributed by atoms with Crippen molar-refractivity contribution in [1.82, 2.24) is 4.98 Å². The molecule has 178 valence electrons. The number of benzene rings is 2. The highest BCUT2D eigenvalue weighted by atomic mass is 16.5. The number of aromatic amines is 1. The lowest BCUT2D eigenvalue weighted by Gasteiger charge is -2.23. The Balaban J connectivity index is 1.74. The zero-order chi connectivity index (χ0) is 24.7. The lowest BCUT2D eigenvalue weighted by atomic mass is 9.80. The molecule has 0 saturated carbocycles. The third-order valence-electron chi connectivity index (χ3n) is 6.49. The number of methoxy groups -OCH3 is 1. The Hall–Kier alpha value is -4.19. The van der Waals surface area contributed by atoms with E-state index in [0.29, 0.717) is 27.7 Å². The van der Waals surface area contributed by atoms with Gasteiger partial charge in [0.2, 0.25) is 0 Å². The van der Waals surface area contributed by atoms with Crippen LogP contribution in [0.2, 0.25) is 0 Å². The number of hydrogen-bond acceptors (Lipinski definition) is 5. The van der Waals surface area contributed by atoms with Crippen molar-refractivity contribution in [2.24, 2.45) is 0 Å². The number of carbonyl (C=O) groups excluding carboxylic acids is 1. The van der Waals surface area contributed by atoms with Gasteiger partial charge in [0.1, 0.15) is 11.2 Å². The number of esters is 1. The molecule has 35 heavy (non-hydrogen) atoms. The summed E-state index contributed by atoms with van der Waals surface area (Å²) in [5.74, 6) is -0.243. The second-order valence-corrected chi connectivity index (χ2v) is 8.61. The van der Waals surface area contributed by atoms with Crippen LogP contribution in [-0.4, -0.2) is 29.8 Å². The Kier molecular flexibility index (Phi) is 5.73. The number of allylic oxidation sites excluding steroid dienone is 1. The van der Waals surface area contributed by atoms with Crippen molar-refractivity contribution < 1.29 is 23.8 Å². The molecule has 0 aliphatic heterocycles. The average molecular weight is 470 g/mol. The molecular formula is C29H27NO5. The summed E-state index contributed by atoms with van der Waals surface area (Å²) in [5.41, 5.74) is 6.39. The van der Waals surface area contributed by atoms with Gasteiger partial charge in [0.25, 0.3) is 0 Å². The minimum absolute atomic E-state index is 0.0102. The number of fused-ring (bicyclic) bond motifs is 2. The van der Waals surface area contributed by atoms with Crippen molar-refractivity contribution in [3.8, 4) is 11.5 Å². The quantitative estimate of drug-likeness (QED) is 0.423. The zero-order valence-electron chi connectivity index (χ0n) is 20.1. The molecule has 0 spiro atoms. The molecule has 0 fully saturated rings. The summed E-state index contributed by atoms with van der Waals surface area (Å²) in [6.45, 7) is 5.88. The van der Waals surface area contributed by atoms with Gasteiger partial charge in [-0.2, -0.15) is 0 Å². The maximum Gasteiger partial charge on any atom is 0.335 e. The number of para-hydroxylation sites is 1. The lowest BCUT2D eigenvalue weighted by Crippen LogP contribution is -2.24. The summed E-state index contributed by atoms with van der Waals surface area (Å²) in [4.78, 5) is 16.4. The second-order valence-electron chi connectivity index (χ2n) is 8.61. The number of carbonyl (C=O) groups is 1. The molecular weight excluding hydrogens is 442 g/mol. The average Bonchev–Trinajstić information content (AvgIpc) is 3.34. The largest absolute Gasteiger partial charge is 0.504 e. The minimum Gasteiger partial charge on any atom is -0.504 e. The fourth-order valence-corrected chi connectivity index (χ4v) is 4.83. The summed E-state index contributed by atoms with van der Waals surface area (Å²) in [5, 5.41) is 12.5. The molecule has 1 unspecified atom stereocenters. The molecule has 0 amide bonds. The SMILES string of the molecule is CCOC(=O)C1=C(C)C=c2oc(=Cc3c(C)[nH]c4ccccc34)c(O)c2C1c1ccc(OC)cc1. The number of H-pyrrole nitrogens is 1. The second kappa shape index (κ2) is 8.87. The number of rotatable bonds is 5. The normalized spacial score (nSPS) is 15.8. The molecule has 4 aromatic rings. The maximum atomic E-state index is 13.0. The molecule has 6 nitrogen and oxygen atoms in total. The Morgan fingerprint density at radius 2 is 1.89 bits per heavy atom. The van der Waals surface area contributed by atoms with Crippen molar-refractivity contribution in [3.63, 3.8) is 0 Å².